The Morgan fingerprint density at radius 3 is 2.10 bits per heavy atom. The molecule has 0 aliphatic heterocycles. The zero-order chi connectivity index (χ0) is 14.6. The highest BCUT2D eigenvalue weighted by molar-refractivity contribution is 5.56. The first-order valence-corrected chi connectivity index (χ1v) is 6.73. The van der Waals surface area contributed by atoms with Crippen LogP contribution in [0.1, 0.15) is 18.1 Å². The first-order valence-electron chi connectivity index (χ1n) is 6.73. The van der Waals surface area contributed by atoms with E-state index in [1.807, 2.05) is 68.7 Å². The van der Waals surface area contributed by atoms with E-state index in [1.54, 1.807) is 6.92 Å². The highest BCUT2D eigenvalue weighted by atomic mass is 16.3. The van der Waals surface area contributed by atoms with Gasteiger partial charge < -0.3 is 10.0 Å². The van der Waals surface area contributed by atoms with Gasteiger partial charge >= 0.3 is 0 Å². The van der Waals surface area contributed by atoms with Crippen LogP contribution in [-0.2, 0) is 5.60 Å². The molecule has 0 spiro atoms. The average Bonchev–Trinajstić information content (AvgIpc) is 2.46. The molecule has 2 aromatic rings. The van der Waals surface area contributed by atoms with Crippen molar-refractivity contribution >= 4 is 11.8 Å². The molecule has 1 N–H and O–H groups in total. The lowest BCUT2D eigenvalue weighted by Crippen LogP contribution is -2.17. The molecule has 2 aromatic carbocycles. The van der Waals surface area contributed by atoms with Crippen molar-refractivity contribution in [2.45, 2.75) is 12.5 Å². The fraction of sp³-hybridized carbons (Fsp3) is 0.222. The van der Waals surface area contributed by atoms with Crippen LogP contribution in [0.15, 0.2) is 60.7 Å². The van der Waals surface area contributed by atoms with Crippen LogP contribution in [0.4, 0.5) is 5.69 Å². The van der Waals surface area contributed by atoms with Crippen molar-refractivity contribution in [3.63, 3.8) is 0 Å². The predicted molar refractivity (Wildman–Crippen MR) is 85.8 cm³/mol. The molecule has 0 heterocycles. The van der Waals surface area contributed by atoms with Gasteiger partial charge in [0.05, 0.1) is 0 Å². The summed E-state index contributed by atoms with van der Waals surface area (Å²) in [5, 5.41) is 10.5. The van der Waals surface area contributed by atoms with Crippen molar-refractivity contribution < 1.29 is 5.11 Å². The standard InChI is InChI=1S/C18H21NO/c1-18(20,16-7-5-4-6-8-16)14-13-15-9-11-17(12-10-15)19(2)3/h4-14,20H,1-3H3. The lowest BCUT2D eigenvalue weighted by Gasteiger charge is -2.19. The van der Waals surface area contributed by atoms with Crippen molar-refractivity contribution in [3.8, 4) is 0 Å². The van der Waals surface area contributed by atoms with E-state index in [4.69, 9.17) is 0 Å². The average molecular weight is 267 g/mol. The van der Waals surface area contributed by atoms with E-state index in [0.717, 1.165) is 16.8 Å². The van der Waals surface area contributed by atoms with Crippen LogP contribution >= 0.6 is 0 Å². The van der Waals surface area contributed by atoms with E-state index in [-0.39, 0.29) is 0 Å². The monoisotopic (exact) mass is 267 g/mol. The maximum absolute atomic E-state index is 10.5. The third-order valence-electron chi connectivity index (χ3n) is 3.37. The molecule has 2 nitrogen and oxygen atoms in total. The molecule has 0 radical (unpaired) electrons. The molecule has 0 aliphatic carbocycles. The predicted octanol–water partition coefficient (Wildman–Crippen LogP) is 3.67. The molecule has 0 aromatic heterocycles. The van der Waals surface area contributed by atoms with Crippen LogP contribution < -0.4 is 4.90 Å². The summed E-state index contributed by atoms with van der Waals surface area (Å²) in [6.07, 6.45) is 3.78. The number of hydrogen-bond donors (Lipinski definition) is 1. The lowest BCUT2D eigenvalue weighted by molar-refractivity contribution is 0.112. The Morgan fingerprint density at radius 1 is 0.950 bits per heavy atom. The summed E-state index contributed by atoms with van der Waals surface area (Å²) < 4.78 is 0. The van der Waals surface area contributed by atoms with Crippen LogP contribution in [0.5, 0.6) is 0 Å². The molecule has 0 bridgehead atoms. The number of anilines is 1. The Hall–Kier alpha value is -2.06. The smallest absolute Gasteiger partial charge is 0.105 e. The topological polar surface area (TPSA) is 23.5 Å². The minimum Gasteiger partial charge on any atom is -0.381 e. The van der Waals surface area contributed by atoms with Crippen LogP contribution in [-0.4, -0.2) is 19.2 Å². The van der Waals surface area contributed by atoms with E-state index in [9.17, 15) is 5.11 Å². The zero-order valence-electron chi connectivity index (χ0n) is 12.2. The molecule has 104 valence electrons. The summed E-state index contributed by atoms with van der Waals surface area (Å²) in [5.74, 6) is 0. The van der Waals surface area contributed by atoms with Crippen LogP contribution in [0.25, 0.3) is 6.08 Å². The second-order valence-corrected chi connectivity index (χ2v) is 5.33. The second-order valence-electron chi connectivity index (χ2n) is 5.33. The number of nitrogens with zero attached hydrogens (tertiary/aromatic N) is 1. The van der Waals surface area contributed by atoms with Gasteiger partial charge in [-0.2, -0.15) is 0 Å². The Labute approximate surface area is 121 Å². The van der Waals surface area contributed by atoms with Gasteiger partial charge in [0, 0.05) is 19.8 Å². The molecular formula is C18H21NO. The van der Waals surface area contributed by atoms with E-state index >= 15 is 0 Å². The molecule has 0 amide bonds. The number of rotatable bonds is 4. The minimum absolute atomic E-state index is 0.890. The fourth-order valence-electron chi connectivity index (χ4n) is 2.01. The Balaban J connectivity index is 2.16. The summed E-state index contributed by atoms with van der Waals surface area (Å²) >= 11 is 0. The molecule has 0 aliphatic rings. The molecule has 0 saturated carbocycles. The highest BCUT2D eigenvalue weighted by Crippen LogP contribution is 2.23. The first-order chi connectivity index (χ1) is 9.49. The third-order valence-corrected chi connectivity index (χ3v) is 3.37. The number of hydrogen-bond acceptors (Lipinski definition) is 2. The van der Waals surface area contributed by atoms with E-state index in [1.165, 1.54) is 0 Å². The summed E-state index contributed by atoms with van der Waals surface area (Å²) in [5.41, 5.74) is 2.17. The summed E-state index contributed by atoms with van der Waals surface area (Å²) in [6, 6.07) is 17.9. The maximum atomic E-state index is 10.5. The van der Waals surface area contributed by atoms with Crippen molar-refractivity contribution in [2.24, 2.45) is 0 Å². The van der Waals surface area contributed by atoms with Crippen molar-refractivity contribution in [3.05, 3.63) is 71.8 Å². The van der Waals surface area contributed by atoms with Crippen LogP contribution in [0.2, 0.25) is 0 Å². The van der Waals surface area contributed by atoms with Gasteiger partial charge in [0.15, 0.2) is 0 Å². The Kier molecular flexibility index (Phi) is 4.26. The van der Waals surface area contributed by atoms with E-state index in [2.05, 4.69) is 17.0 Å². The first kappa shape index (κ1) is 14.4. The van der Waals surface area contributed by atoms with Crippen molar-refractivity contribution in [1.29, 1.82) is 0 Å². The van der Waals surface area contributed by atoms with Gasteiger partial charge in [-0.05, 0) is 36.3 Å². The van der Waals surface area contributed by atoms with Gasteiger partial charge in [-0.1, -0.05) is 48.5 Å². The summed E-state index contributed by atoms with van der Waals surface area (Å²) in [4.78, 5) is 2.06. The number of aliphatic hydroxyl groups is 1. The van der Waals surface area contributed by atoms with Gasteiger partial charge in [0.2, 0.25) is 0 Å². The van der Waals surface area contributed by atoms with Gasteiger partial charge in [0.25, 0.3) is 0 Å². The van der Waals surface area contributed by atoms with Gasteiger partial charge in [-0.15, -0.1) is 0 Å². The molecule has 2 heteroatoms. The van der Waals surface area contributed by atoms with Gasteiger partial charge in [-0.3, -0.25) is 0 Å². The van der Waals surface area contributed by atoms with Crippen molar-refractivity contribution in [2.75, 3.05) is 19.0 Å². The number of benzene rings is 2. The largest absolute Gasteiger partial charge is 0.381 e. The quantitative estimate of drug-likeness (QED) is 0.913. The SMILES string of the molecule is CN(C)c1ccc(C=CC(C)(O)c2ccccc2)cc1. The Morgan fingerprint density at radius 2 is 1.55 bits per heavy atom. The molecular weight excluding hydrogens is 246 g/mol. The third kappa shape index (κ3) is 3.49. The zero-order valence-corrected chi connectivity index (χ0v) is 12.2. The van der Waals surface area contributed by atoms with Crippen molar-refractivity contribution in [1.82, 2.24) is 0 Å². The molecule has 1 atom stereocenters. The second kappa shape index (κ2) is 5.93. The summed E-state index contributed by atoms with van der Waals surface area (Å²) in [7, 11) is 4.04. The Bertz CT molecular complexity index is 568. The fourth-order valence-corrected chi connectivity index (χ4v) is 2.01. The molecule has 1 unspecified atom stereocenters. The highest BCUT2D eigenvalue weighted by Gasteiger charge is 2.18. The maximum Gasteiger partial charge on any atom is 0.105 e. The minimum atomic E-state index is -0.957. The summed E-state index contributed by atoms with van der Waals surface area (Å²) in [6.45, 7) is 1.80. The normalized spacial score (nSPS) is 14.2. The molecule has 0 saturated heterocycles. The molecule has 0 fully saturated rings. The lowest BCUT2D eigenvalue weighted by atomic mass is 9.95. The van der Waals surface area contributed by atoms with Gasteiger partial charge in [-0.25, -0.2) is 0 Å². The van der Waals surface area contributed by atoms with Crippen LogP contribution in [0, 0.1) is 0 Å². The van der Waals surface area contributed by atoms with E-state index < -0.39 is 5.60 Å². The van der Waals surface area contributed by atoms with Crippen LogP contribution in [0.3, 0.4) is 0 Å². The molecule has 2 rings (SSSR count). The molecule has 20 heavy (non-hydrogen) atoms. The van der Waals surface area contributed by atoms with E-state index in [0.29, 0.717) is 0 Å². The van der Waals surface area contributed by atoms with Gasteiger partial charge in [0.1, 0.15) is 5.60 Å².